The predicted octanol–water partition coefficient (Wildman–Crippen LogP) is 3.44. The minimum absolute atomic E-state index is 0.00745. The highest BCUT2D eigenvalue weighted by Crippen LogP contribution is 2.29. The van der Waals surface area contributed by atoms with Crippen LogP contribution < -0.4 is 10.9 Å². The van der Waals surface area contributed by atoms with E-state index in [0.29, 0.717) is 46.4 Å². The number of methoxy groups -OCH3 is 1. The smallest absolute Gasteiger partial charge is 0.263 e. The Morgan fingerprint density at radius 3 is 2.74 bits per heavy atom. The lowest BCUT2D eigenvalue weighted by molar-refractivity contribution is -0.118. The van der Waals surface area contributed by atoms with Gasteiger partial charge in [-0.2, -0.15) is 0 Å². The fourth-order valence-electron chi connectivity index (χ4n) is 3.02. The Kier molecular flexibility index (Phi) is 8.04. The molecule has 1 N–H and O–H groups in total. The summed E-state index contributed by atoms with van der Waals surface area (Å²) in [6, 6.07) is 3.73. The van der Waals surface area contributed by atoms with E-state index in [1.54, 1.807) is 11.7 Å². The number of ketones is 1. The molecule has 0 unspecified atom stereocenters. The van der Waals surface area contributed by atoms with E-state index in [2.05, 4.69) is 5.32 Å². The molecule has 0 bridgehead atoms. The monoisotopic (exact) mass is 479 g/mol. The summed E-state index contributed by atoms with van der Waals surface area (Å²) in [6.45, 7) is 6.73. The van der Waals surface area contributed by atoms with Crippen LogP contribution in [0.25, 0.3) is 10.2 Å². The number of rotatable bonds is 10. The van der Waals surface area contributed by atoms with Crippen molar-refractivity contribution >= 4 is 56.3 Å². The number of Topliss-reactive ketones (excluding diaryl/α,β-unsaturated/α-hetero) is 1. The SMILES string of the molecule is COCCn1c(SCC(=O)c2ccc(CCNC(C)=O)s2)nc2sc(C)c(C)c2c1=O. The van der Waals surface area contributed by atoms with E-state index in [0.717, 1.165) is 15.3 Å². The first kappa shape index (κ1) is 23.6. The van der Waals surface area contributed by atoms with Gasteiger partial charge in [-0.1, -0.05) is 11.8 Å². The summed E-state index contributed by atoms with van der Waals surface area (Å²) in [6.07, 6.45) is 0.691. The van der Waals surface area contributed by atoms with Gasteiger partial charge in [-0.15, -0.1) is 22.7 Å². The number of fused-ring (bicyclic) bond motifs is 1. The zero-order valence-electron chi connectivity index (χ0n) is 17.9. The van der Waals surface area contributed by atoms with E-state index in [9.17, 15) is 14.4 Å². The Hall–Kier alpha value is -2.01. The number of aryl methyl sites for hydroxylation is 2. The van der Waals surface area contributed by atoms with Crippen LogP contribution in [0.1, 0.15) is 31.9 Å². The molecule has 0 atom stereocenters. The quantitative estimate of drug-likeness (QED) is 0.272. The highest BCUT2D eigenvalue weighted by Gasteiger charge is 2.18. The molecule has 1 amide bonds. The highest BCUT2D eigenvalue weighted by molar-refractivity contribution is 7.99. The Morgan fingerprint density at radius 2 is 2.03 bits per heavy atom. The minimum atomic E-state index is -0.0877. The van der Waals surface area contributed by atoms with Gasteiger partial charge in [0.2, 0.25) is 5.91 Å². The fourth-order valence-corrected chi connectivity index (χ4v) is 6.04. The maximum atomic E-state index is 13.1. The van der Waals surface area contributed by atoms with Crippen molar-refractivity contribution in [2.24, 2.45) is 0 Å². The third kappa shape index (κ3) is 5.62. The van der Waals surface area contributed by atoms with Crippen LogP contribution in [-0.4, -0.2) is 47.3 Å². The molecule has 0 aliphatic rings. The molecular formula is C21H25N3O4S3. The third-order valence-electron chi connectivity index (χ3n) is 4.79. The van der Waals surface area contributed by atoms with E-state index in [1.807, 2.05) is 26.0 Å². The van der Waals surface area contributed by atoms with Crippen molar-refractivity contribution in [2.75, 3.05) is 26.0 Å². The van der Waals surface area contributed by atoms with Crippen LogP contribution in [-0.2, 0) is 22.5 Å². The van der Waals surface area contributed by atoms with Gasteiger partial charge in [-0.05, 0) is 38.0 Å². The molecule has 3 aromatic rings. The zero-order valence-corrected chi connectivity index (χ0v) is 20.4. The van der Waals surface area contributed by atoms with Crippen LogP contribution >= 0.6 is 34.4 Å². The average Bonchev–Trinajstić information content (AvgIpc) is 3.30. The van der Waals surface area contributed by atoms with Crippen LogP contribution in [0.4, 0.5) is 0 Å². The van der Waals surface area contributed by atoms with Crippen molar-refractivity contribution in [1.82, 2.24) is 14.9 Å². The van der Waals surface area contributed by atoms with E-state index >= 15 is 0 Å². The number of nitrogens with zero attached hydrogens (tertiary/aromatic N) is 2. The summed E-state index contributed by atoms with van der Waals surface area (Å²) in [5, 5.41) is 3.94. The normalized spacial score (nSPS) is 11.2. The van der Waals surface area contributed by atoms with Crippen LogP contribution in [0.2, 0.25) is 0 Å². The number of nitrogens with one attached hydrogen (secondary N) is 1. The van der Waals surface area contributed by atoms with Crippen molar-refractivity contribution in [1.29, 1.82) is 0 Å². The number of thioether (sulfide) groups is 1. The van der Waals surface area contributed by atoms with Crippen molar-refractivity contribution in [3.05, 3.63) is 42.7 Å². The standard InChI is InChI=1S/C21H25N3O4S3/c1-12-13(2)30-19-18(12)20(27)24(9-10-28-4)21(23-19)29-11-16(26)17-6-5-15(31-17)7-8-22-14(3)25/h5-6H,7-11H2,1-4H3,(H,22,25). The Bertz CT molecular complexity index is 1160. The lowest BCUT2D eigenvalue weighted by atomic mass is 10.2. The van der Waals surface area contributed by atoms with Gasteiger partial charge in [-0.25, -0.2) is 4.98 Å². The Labute approximate surface area is 192 Å². The van der Waals surface area contributed by atoms with Crippen LogP contribution in [0.3, 0.4) is 0 Å². The number of aromatic nitrogens is 2. The number of carbonyl (C=O) groups excluding carboxylic acids is 2. The van der Waals surface area contributed by atoms with Crippen LogP contribution in [0, 0.1) is 13.8 Å². The summed E-state index contributed by atoms with van der Waals surface area (Å²) in [4.78, 5) is 45.0. The van der Waals surface area contributed by atoms with E-state index < -0.39 is 0 Å². The molecule has 0 fully saturated rings. The zero-order chi connectivity index (χ0) is 22.5. The number of amides is 1. The van der Waals surface area contributed by atoms with Gasteiger partial charge in [0.15, 0.2) is 10.9 Å². The molecule has 10 heteroatoms. The molecule has 7 nitrogen and oxygen atoms in total. The van der Waals surface area contributed by atoms with Gasteiger partial charge in [0.25, 0.3) is 5.56 Å². The summed E-state index contributed by atoms with van der Waals surface area (Å²) in [5.41, 5.74) is 0.872. The molecule has 0 spiro atoms. The largest absolute Gasteiger partial charge is 0.383 e. The molecule has 0 aliphatic heterocycles. The number of thiophene rings is 2. The second-order valence-electron chi connectivity index (χ2n) is 7.02. The predicted molar refractivity (Wildman–Crippen MR) is 127 cm³/mol. The van der Waals surface area contributed by atoms with Gasteiger partial charge in [0.05, 0.1) is 29.2 Å². The molecule has 0 radical (unpaired) electrons. The minimum Gasteiger partial charge on any atom is -0.383 e. The molecular weight excluding hydrogens is 454 g/mol. The van der Waals surface area contributed by atoms with Crippen LogP contribution in [0.15, 0.2) is 22.1 Å². The molecule has 0 aliphatic carbocycles. The fraction of sp³-hybridized carbons (Fsp3) is 0.429. The van der Waals surface area contributed by atoms with Gasteiger partial charge in [0, 0.05) is 30.3 Å². The van der Waals surface area contributed by atoms with E-state index in [1.165, 1.54) is 41.4 Å². The number of hydrogen-bond acceptors (Lipinski definition) is 8. The van der Waals surface area contributed by atoms with E-state index in [-0.39, 0.29) is 23.0 Å². The maximum absolute atomic E-state index is 13.1. The summed E-state index contributed by atoms with van der Waals surface area (Å²) in [7, 11) is 1.59. The highest BCUT2D eigenvalue weighted by atomic mass is 32.2. The Balaban J connectivity index is 1.76. The first-order valence-electron chi connectivity index (χ1n) is 9.80. The van der Waals surface area contributed by atoms with Crippen molar-refractivity contribution < 1.29 is 14.3 Å². The molecule has 31 heavy (non-hydrogen) atoms. The topological polar surface area (TPSA) is 90.3 Å². The van der Waals surface area contributed by atoms with E-state index in [4.69, 9.17) is 9.72 Å². The third-order valence-corrected chi connectivity index (χ3v) is 8.05. The molecule has 166 valence electrons. The van der Waals surface area contributed by atoms with Crippen LogP contribution in [0.5, 0.6) is 0 Å². The molecule has 0 saturated heterocycles. The average molecular weight is 480 g/mol. The van der Waals surface area contributed by atoms with Crippen molar-refractivity contribution in [2.45, 2.75) is 38.9 Å². The molecule has 3 aromatic heterocycles. The lowest BCUT2D eigenvalue weighted by Gasteiger charge is -2.11. The lowest BCUT2D eigenvalue weighted by Crippen LogP contribution is -2.25. The van der Waals surface area contributed by atoms with Crippen molar-refractivity contribution in [3.63, 3.8) is 0 Å². The van der Waals surface area contributed by atoms with Gasteiger partial charge in [-0.3, -0.25) is 19.0 Å². The summed E-state index contributed by atoms with van der Waals surface area (Å²) in [5.74, 6) is 0.122. The van der Waals surface area contributed by atoms with Gasteiger partial charge in [0.1, 0.15) is 4.83 Å². The molecule has 0 aromatic carbocycles. The Morgan fingerprint density at radius 1 is 1.26 bits per heavy atom. The number of hydrogen-bond donors (Lipinski definition) is 1. The first-order valence-corrected chi connectivity index (χ1v) is 12.4. The second kappa shape index (κ2) is 10.5. The second-order valence-corrected chi connectivity index (χ2v) is 10.3. The van der Waals surface area contributed by atoms with Crippen molar-refractivity contribution in [3.8, 4) is 0 Å². The molecule has 3 rings (SSSR count). The molecule has 3 heterocycles. The first-order chi connectivity index (χ1) is 14.8. The summed E-state index contributed by atoms with van der Waals surface area (Å²) < 4.78 is 6.77. The van der Waals surface area contributed by atoms with Gasteiger partial charge >= 0.3 is 0 Å². The summed E-state index contributed by atoms with van der Waals surface area (Å²) >= 11 is 4.22. The number of carbonyl (C=O) groups is 2. The molecule has 0 saturated carbocycles. The number of ether oxygens (including phenoxy) is 1. The maximum Gasteiger partial charge on any atom is 0.263 e. The van der Waals surface area contributed by atoms with Gasteiger partial charge < -0.3 is 10.1 Å².